The fourth-order valence-corrected chi connectivity index (χ4v) is 3.10. The van der Waals surface area contributed by atoms with Crippen LogP contribution >= 0.6 is 0 Å². The Morgan fingerprint density at radius 3 is 2.96 bits per heavy atom. The van der Waals surface area contributed by atoms with E-state index in [4.69, 9.17) is 4.74 Å². The van der Waals surface area contributed by atoms with E-state index in [0.29, 0.717) is 17.5 Å². The van der Waals surface area contributed by atoms with E-state index in [0.717, 1.165) is 29.6 Å². The Morgan fingerprint density at radius 2 is 2.25 bits per heavy atom. The first-order valence-electron chi connectivity index (χ1n) is 8.02. The molecule has 2 heterocycles. The molecule has 1 N–H and O–H groups in total. The maximum atomic E-state index is 13.4. The van der Waals surface area contributed by atoms with Gasteiger partial charge in [-0.2, -0.15) is 0 Å². The molecule has 24 heavy (non-hydrogen) atoms. The van der Waals surface area contributed by atoms with E-state index in [9.17, 15) is 9.18 Å². The normalized spacial score (nSPS) is 18.9. The molecular weight excluding hydrogens is 309 g/mol. The standard InChI is InChI=1S/C18H18FN3O2/c1-24-16-7-13(19)4-5-14(16)12-6-15-18(20-8-12)21-17(10-23)22(15)9-11-2-3-11/h4-8,10-11,17H,2-3,9H2,1H3,(H,20,21). The molecule has 0 bridgehead atoms. The van der Waals surface area contributed by atoms with Gasteiger partial charge in [0.15, 0.2) is 18.3 Å². The first-order chi connectivity index (χ1) is 11.7. The minimum atomic E-state index is -0.376. The van der Waals surface area contributed by atoms with Gasteiger partial charge in [0, 0.05) is 29.9 Å². The average molecular weight is 327 g/mol. The summed E-state index contributed by atoms with van der Waals surface area (Å²) < 4.78 is 18.7. The van der Waals surface area contributed by atoms with Gasteiger partial charge in [0.1, 0.15) is 11.6 Å². The zero-order valence-electron chi connectivity index (χ0n) is 13.3. The van der Waals surface area contributed by atoms with Crippen molar-refractivity contribution in [1.82, 2.24) is 4.98 Å². The number of anilines is 2. The first-order valence-corrected chi connectivity index (χ1v) is 8.02. The summed E-state index contributed by atoms with van der Waals surface area (Å²) >= 11 is 0. The van der Waals surface area contributed by atoms with Crippen molar-refractivity contribution in [2.45, 2.75) is 19.0 Å². The molecule has 1 fully saturated rings. The summed E-state index contributed by atoms with van der Waals surface area (Å²) in [6, 6.07) is 6.43. The highest BCUT2D eigenvalue weighted by atomic mass is 19.1. The van der Waals surface area contributed by atoms with Crippen LogP contribution in [-0.4, -0.2) is 31.1 Å². The molecule has 5 nitrogen and oxygen atoms in total. The van der Waals surface area contributed by atoms with Gasteiger partial charge in [-0.05, 0) is 37.0 Å². The van der Waals surface area contributed by atoms with Gasteiger partial charge >= 0.3 is 0 Å². The van der Waals surface area contributed by atoms with Crippen molar-refractivity contribution < 1.29 is 13.9 Å². The third kappa shape index (κ3) is 2.58. The Hall–Kier alpha value is -2.63. The Bertz CT molecular complexity index is 792. The van der Waals surface area contributed by atoms with E-state index in [1.54, 1.807) is 12.3 Å². The van der Waals surface area contributed by atoms with Crippen molar-refractivity contribution in [2.24, 2.45) is 5.92 Å². The van der Waals surface area contributed by atoms with Crippen LogP contribution in [0.25, 0.3) is 11.1 Å². The summed E-state index contributed by atoms with van der Waals surface area (Å²) in [5, 5.41) is 3.14. The second kappa shape index (κ2) is 5.78. The van der Waals surface area contributed by atoms with Gasteiger partial charge in [0.2, 0.25) is 0 Å². The lowest BCUT2D eigenvalue weighted by Crippen LogP contribution is -2.38. The van der Waals surface area contributed by atoms with Crippen LogP contribution in [-0.2, 0) is 4.79 Å². The number of methoxy groups -OCH3 is 1. The second-order valence-electron chi connectivity index (χ2n) is 6.26. The van der Waals surface area contributed by atoms with Gasteiger partial charge in [-0.15, -0.1) is 0 Å². The van der Waals surface area contributed by atoms with Crippen molar-refractivity contribution in [1.29, 1.82) is 0 Å². The Labute approximate surface area is 139 Å². The topological polar surface area (TPSA) is 54.5 Å². The number of benzene rings is 1. The van der Waals surface area contributed by atoms with E-state index >= 15 is 0 Å². The van der Waals surface area contributed by atoms with Gasteiger partial charge in [-0.25, -0.2) is 9.37 Å². The molecule has 4 rings (SSSR count). The van der Waals surface area contributed by atoms with Gasteiger partial charge in [-0.1, -0.05) is 0 Å². The number of pyridine rings is 1. The van der Waals surface area contributed by atoms with Gasteiger partial charge < -0.3 is 15.0 Å². The Morgan fingerprint density at radius 1 is 1.42 bits per heavy atom. The van der Waals surface area contributed by atoms with Crippen LogP contribution in [0, 0.1) is 11.7 Å². The molecular formula is C18H18FN3O2. The maximum Gasteiger partial charge on any atom is 0.162 e. The number of halogens is 1. The number of hydrogen-bond donors (Lipinski definition) is 1. The zero-order chi connectivity index (χ0) is 16.7. The highest BCUT2D eigenvalue weighted by Crippen LogP contribution is 2.40. The fourth-order valence-electron chi connectivity index (χ4n) is 3.10. The number of aldehydes is 1. The molecule has 1 aliphatic carbocycles. The summed E-state index contributed by atoms with van der Waals surface area (Å²) in [5.74, 6) is 1.47. The summed E-state index contributed by atoms with van der Waals surface area (Å²) in [5.41, 5.74) is 2.51. The summed E-state index contributed by atoms with van der Waals surface area (Å²) in [6.07, 6.45) is 4.65. The average Bonchev–Trinajstić information content (AvgIpc) is 3.35. The smallest absolute Gasteiger partial charge is 0.162 e. The van der Waals surface area contributed by atoms with Gasteiger partial charge in [0.25, 0.3) is 0 Å². The summed E-state index contributed by atoms with van der Waals surface area (Å²) in [4.78, 5) is 17.9. The number of fused-ring (bicyclic) bond motifs is 1. The number of aromatic nitrogens is 1. The van der Waals surface area contributed by atoms with E-state index in [1.807, 2.05) is 6.07 Å². The van der Waals surface area contributed by atoms with E-state index in [2.05, 4.69) is 15.2 Å². The molecule has 1 saturated carbocycles. The van der Waals surface area contributed by atoms with Crippen LogP contribution in [0.2, 0.25) is 0 Å². The van der Waals surface area contributed by atoms with Crippen LogP contribution in [0.3, 0.4) is 0 Å². The predicted molar refractivity (Wildman–Crippen MR) is 89.7 cm³/mol. The lowest BCUT2D eigenvalue weighted by Gasteiger charge is -2.22. The minimum Gasteiger partial charge on any atom is -0.496 e. The molecule has 0 saturated heterocycles. The number of ether oxygens (including phenoxy) is 1. The number of carbonyl (C=O) groups is 1. The maximum absolute atomic E-state index is 13.4. The highest BCUT2D eigenvalue weighted by molar-refractivity contribution is 5.85. The highest BCUT2D eigenvalue weighted by Gasteiger charge is 2.34. The quantitative estimate of drug-likeness (QED) is 0.856. The van der Waals surface area contributed by atoms with E-state index in [1.165, 1.54) is 32.1 Å². The largest absolute Gasteiger partial charge is 0.496 e. The monoisotopic (exact) mass is 327 g/mol. The molecule has 6 heteroatoms. The van der Waals surface area contributed by atoms with E-state index < -0.39 is 0 Å². The molecule has 1 aliphatic heterocycles. The third-order valence-corrected chi connectivity index (χ3v) is 4.55. The third-order valence-electron chi connectivity index (χ3n) is 4.55. The number of nitrogens with one attached hydrogen (secondary N) is 1. The van der Waals surface area contributed by atoms with Gasteiger partial charge in [0.05, 0.1) is 12.8 Å². The molecule has 1 aromatic heterocycles. The zero-order valence-corrected chi connectivity index (χ0v) is 13.3. The van der Waals surface area contributed by atoms with Crippen LogP contribution < -0.4 is 15.0 Å². The Balaban J connectivity index is 1.74. The number of nitrogens with zero attached hydrogens (tertiary/aromatic N) is 2. The molecule has 1 aromatic carbocycles. The van der Waals surface area contributed by atoms with Gasteiger partial charge in [-0.3, -0.25) is 4.79 Å². The molecule has 1 unspecified atom stereocenters. The molecule has 2 aliphatic rings. The van der Waals surface area contributed by atoms with Crippen molar-refractivity contribution >= 4 is 17.8 Å². The van der Waals surface area contributed by atoms with Crippen molar-refractivity contribution in [3.05, 3.63) is 36.3 Å². The summed E-state index contributed by atoms with van der Waals surface area (Å²) in [7, 11) is 1.52. The molecule has 1 atom stereocenters. The van der Waals surface area contributed by atoms with Crippen LogP contribution in [0.15, 0.2) is 30.5 Å². The molecule has 0 amide bonds. The predicted octanol–water partition coefficient (Wildman–Crippen LogP) is 3.06. The number of hydrogen-bond acceptors (Lipinski definition) is 5. The molecule has 2 aromatic rings. The van der Waals surface area contributed by atoms with E-state index in [-0.39, 0.29) is 12.0 Å². The van der Waals surface area contributed by atoms with Crippen LogP contribution in [0.5, 0.6) is 5.75 Å². The lowest BCUT2D eigenvalue weighted by atomic mass is 10.1. The Kier molecular flexibility index (Phi) is 3.59. The van der Waals surface area contributed by atoms with Crippen molar-refractivity contribution in [3.63, 3.8) is 0 Å². The van der Waals surface area contributed by atoms with Crippen molar-refractivity contribution in [3.8, 4) is 16.9 Å². The number of rotatable bonds is 5. The minimum absolute atomic E-state index is 0.345. The van der Waals surface area contributed by atoms with Crippen LogP contribution in [0.4, 0.5) is 15.9 Å². The SMILES string of the molecule is COc1cc(F)ccc1-c1cnc2c(c1)N(CC1CC1)C(C=O)N2. The molecule has 0 spiro atoms. The first kappa shape index (κ1) is 14.9. The number of carbonyl (C=O) groups excluding carboxylic acids is 1. The fraction of sp³-hybridized carbons (Fsp3) is 0.333. The summed E-state index contributed by atoms with van der Waals surface area (Å²) in [6.45, 7) is 0.842. The van der Waals surface area contributed by atoms with Crippen LogP contribution in [0.1, 0.15) is 12.8 Å². The van der Waals surface area contributed by atoms with Crippen molar-refractivity contribution in [2.75, 3.05) is 23.9 Å². The molecule has 0 radical (unpaired) electrons. The second-order valence-corrected chi connectivity index (χ2v) is 6.26. The lowest BCUT2D eigenvalue weighted by molar-refractivity contribution is -0.108. The molecule has 124 valence electrons.